The first-order valence-electron chi connectivity index (χ1n) is 13.2. The van der Waals surface area contributed by atoms with Gasteiger partial charge in [-0.1, -0.05) is 140 Å². The van der Waals surface area contributed by atoms with Gasteiger partial charge in [0.15, 0.2) is 0 Å². The number of hydrogen-bond acceptors (Lipinski definition) is 1. The second-order valence-electron chi connectivity index (χ2n) is 9.73. The molecule has 30 heavy (non-hydrogen) atoms. The van der Waals surface area contributed by atoms with E-state index < -0.39 is 0 Å². The highest BCUT2D eigenvalue weighted by Gasteiger charge is 2.04. The number of hydrogen-bond donors (Lipinski definition) is 1. The van der Waals surface area contributed by atoms with Gasteiger partial charge < -0.3 is 5.73 Å². The zero-order valence-corrected chi connectivity index (χ0v) is 20.3. The maximum atomic E-state index is 6.16. The lowest BCUT2D eigenvalue weighted by Gasteiger charge is -2.13. The highest BCUT2D eigenvalue weighted by atomic mass is 14.6. The van der Waals surface area contributed by atoms with E-state index in [0.717, 1.165) is 5.92 Å². The molecule has 0 spiro atoms. The number of rotatable bonds is 20. The molecule has 0 radical (unpaired) electrons. The minimum atomic E-state index is 0.432. The van der Waals surface area contributed by atoms with Crippen molar-refractivity contribution in [3.05, 3.63) is 42.0 Å². The van der Waals surface area contributed by atoms with Crippen LogP contribution in [0.25, 0.3) is 6.08 Å². The van der Waals surface area contributed by atoms with Crippen molar-refractivity contribution in [3.8, 4) is 0 Å². The van der Waals surface area contributed by atoms with Crippen molar-refractivity contribution in [1.29, 1.82) is 0 Å². The van der Waals surface area contributed by atoms with Gasteiger partial charge in [-0.05, 0) is 37.2 Å². The number of allylic oxidation sites excluding steroid dienone is 1. The summed E-state index contributed by atoms with van der Waals surface area (Å²) in [5, 5.41) is 0. The van der Waals surface area contributed by atoms with E-state index in [-0.39, 0.29) is 0 Å². The van der Waals surface area contributed by atoms with Crippen molar-refractivity contribution >= 4 is 6.08 Å². The molecule has 0 aromatic heterocycles. The Hall–Kier alpha value is -1.08. The molecule has 1 rings (SSSR count). The minimum Gasteiger partial charge on any atom is -0.328 e. The molecule has 1 nitrogen and oxygen atoms in total. The summed E-state index contributed by atoms with van der Waals surface area (Å²) in [5.74, 6) is 0.743. The second kappa shape index (κ2) is 19.9. The molecular formula is C29H51N. The van der Waals surface area contributed by atoms with Gasteiger partial charge in [0.25, 0.3) is 0 Å². The Kier molecular flexibility index (Phi) is 17.8. The maximum Gasteiger partial charge on any atom is 0.00412 e. The van der Waals surface area contributed by atoms with Gasteiger partial charge in [-0.3, -0.25) is 0 Å². The van der Waals surface area contributed by atoms with Gasteiger partial charge in [-0.2, -0.15) is 0 Å². The van der Waals surface area contributed by atoms with Gasteiger partial charge in [-0.25, -0.2) is 0 Å². The van der Waals surface area contributed by atoms with Crippen LogP contribution < -0.4 is 5.73 Å². The molecule has 1 heteroatoms. The van der Waals surface area contributed by atoms with Gasteiger partial charge in [0.2, 0.25) is 0 Å². The van der Waals surface area contributed by atoms with E-state index in [4.69, 9.17) is 5.73 Å². The van der Waals surface area contributed by atoms with Crippen molar-refractivity contribution in [3.63, 3.8) is 0 Å². The van der Waals surface area contributed by atoms with Gasteiger partial charge in [0, 0.05) is 6.04 Å². The summed E-state index contributed by atoms with van der Waals surface area (Å²) in [7, 11) is 0. The monoisotopic (exact) mass is 413 g/mol. The van der Waals surface area contributed by atoms with Crippen LogP contribution in [0.4, 0.5) is 0 Å². The fourth-order valence-electron chi connectivity index (χ4n) is 4.30. The zero-order chi connectivity index (χ0) is 21.7. The van der Waals surface area contributed by atoms with Crippen LogP contribution in [-0.2, 0) is 0 Å². The van der Waals surface area contributed by atoms with E-state index in [1.54, 1.807) is 0 Å². The maximum absolute atomic E-state index is 6.16. The first-order valence-corrected chi connectivity index (χ1v) is 13.2. The predicted molar refractivity (Wildman–Crippen MR) is 137 cm³/mol. The molecule has 0 bridgehead atoms. The molecular weight excluding hydrogens is 362 g/mol. The quantitative estimate of drug-likeness (QED) is 0.212. The topological polar surface area (TPSA) is 26.0 Å². The SMILES string of the molecule is CC(C)CC(N)CCCCCCCCCCCCCCCCC=Cc1ccccc1. The highest BCUT2D eigenvalue weighted by Crippen LogP contribution is 2.15. The summed E-state index contributed by atoms with van der Waals surface area (Å²) in [6, 6.07) is 11.1. The Bertz CT molecular complexity index is 490. The van der Waals surface area contributed by atoms with E-state index >= 15 is 0 Å². The average Bonchev–Trinajstić information content (AvgIpc) is 2.73. The summed E-state index contributed by atoms with van der Waals surface area (Å²) in [4.78, 5) is 0. The molecule has 0 saturated heterocycles. The van der Waals surface area contributed by atoms with Crippen molar-refractivity contribution in [1.82, 2.24) is 0 Å². The van der Waals surface area contributed by atoms with Crippen LogP contribution in [0, 0.1) is 5.92 Å². The highest BCUT2D eigenvalue weighted by molar-refractivity contribution is 5.48. The minimum absolute atomic E-state index is 0.432. The van der Waals surface area contributed by atoms with Crippen molar-refractivity contribution in [2.45, 2.75) is 129 Å². The summed E-state index contributed by atoms with van der Waals surface area (Å²) in [6.45, 7) is 4.54. The molecule has 1 aromatic carbocycles. The van der Waals surface area contributed by atoms with Crippen molar-refractivity contribution < 1.29 is 0 Å². The fourth-order valence-corrected chi connectivity index (χ4v) is 4.30. The number of nitrogens with two attached hydrogens (primary N) is 1. The molecule has 0 heterocycles. The van der Waals surface area contributed by atoms with E-state index in [9.17, 15) is 0 Å². The molecule has 0 fully saturated rings. The summed E-state index contributed by atoms with van der Waals surface area (Å²) < 4.78 is 0. The lowest BCUT2D eigenvalue weighted by Crippen LogP contribution is -2.21. The lowest BCUT2D eigenvalue weighted by atomic mass is 9.98. The normalized spacial score (nSPS) is 12.8. The lowest BCUT2D eigenvalue weighted by molar-refractivity contribution is 0.450. The van der Waals surface area contributed by atoms with Crippen LogP contribution in [0.2, 0.25) is 0 Å². The van der Waals surface area contributed by atoms with Crippen LogP contribution in [0.5, 0.6) is 0 Å². The first kappa shape index (κ1) is 27.0. The van der Waals surface area contributed by atoms with E-state index in [0.29, 0.717) is 6.04 Å². The van der Waals surface area contributed by atoms with E-state index in [2.05, 4.69) is 56.3 Å². The van der Waals surface area contributed by atoms with Crippen LogP contribution in [0.3, 0.4) is 0 Å². The third-order valence-electron chi connectivity index (χ3n) is 6.08. The second-order valence-corrected chi connectivity index (χ2v) is 9.73. The largest absolute Gasteiger partial charge is 0.328 e. The molecule has 0 aliphatic carbocycles. The van der Waals surface area contributed by atoms with Gasteiger partial charge >= 0.3 is 0 Å². The standard InChI is InChI=1S/C29H51N/c1-27(2)26-29(30)25-21-16-14-12-10-8-6-4-3-5-7-9-11-13-15-18-22-28-23-19-17-20-24-28/h17-20,22-24,27,29H,3-16,21,25-26,30H2,1-2H3. The Morgan fingerprint density at radius 1 is 0.667 bits per heavy atom. The third-order valence-corrected chi connectivity index (χ3v) is 6.08. The summed E-state index contributed by atoms with van der Waals surface area (Å²) in [6.07, 6.45) is 28.0. The Morgan fingerprint density at radius 2 is 1.13 bits per heavy atom. The van der Waals surface area contributed by atoms with Gasteiger partial charge in [-0.15, -0.1) is 0 Å². The molecule has 0 aliphatic rings. The fraction of sp³-hybridized carbons (Fsp3) is 0.724. The molecule has 1 unspecified atom stereocenters. The molecule has 0 aliphatic heterocycles. The Labute approximate surface area is 188 Å². The van der Waals surface area contributed by atoms with Crippen LogP contribution in [0.15, 0.2) is 36.4 Å². The molecule has 1 aromatic rings. The predicted octanol–water partition coefficient (Wildman–Crippen LogP) is 9.31. The van der Waals surface area contributed by atoms with Crippen molar-refractivity contribution in [2.75, 3.05) is 0 Å². The van der Waals surface area contributed by atoms with Crippen LogP contribution in [-0.4, -0.2) is 6.04 Å². The molecule has 0 saturated carbocycles. The third kappa shape index (κ3) is 17.8. The van der Waals surface area contributed by atoms with E-state index in [1.165, 1.54) is 115 Å². The van der Waals surface area contributed by atoms with Gasteiger partial charge in [0.05, 0.1) is 0 Å². The van der Waals surface area contributed by atoms with Gasteiger partial charge in [0.1, 0.15) is 0 Å². The Balaban J connectivity index is 1.73. The molecule has 172 valence electrons. The number of unbranched alkanes of at least 4 members (excludes halogenated alkanes) is 14. The summed E-state index contributed by atoms with van der Waals surface area (Å²) in [5.41, 5.74) is 7.48. The smallest absolute Gasteiger partial charge is 0.00412 e. The average molecular weight is 414 g/mol. The number of benzene rings is 1. The summed E-state index contributed by atoms with van der Waals surface area (Å²) >= 11 is 0. The molecule has 1 atom stereocenters. The molecule has 0 amide bonds. The van der Waals surface area contributed by atoms with Crippen LogP contribution >= 0.6 is 0 Å². The van der Waals surface area contributed by atoms with Crippen molar-refractivity contribution in [2.24, 2.45) is 11.7 Å². The Morgan fingerprint density at radius 3 is 1.63 bits per heavy atom. The zero-order valence-electron chi connectivity index (χ0n) is 20.3. The van der Waals surface area contributed by atoms with Crippen LogP contribution in [0.1, 0.15) is 129 Å². The molecule has 2 N–H and O–H groups in total. The van der Waals surface area contributed by atoms with E-state index in [1.807, 2.05) is 0 Å². The first-order chi connectivity index (χ1) is 14.7.